The second-order valence-corrected chi connectivity index (χ2v) is 7.58. The van der Waals surface area contributed by atoms with Gasteiger partial charge in [-0.05, 0) is 27.7 Å². The van der Waals surface area contributed by atoms with E-state index in [1.807, 2.05) is 38.3 Å². The predicted octanol–water partition coefficient (Wildman–Crippen LogP) is 2.23. The molecule has 0 atom stereocenters. The Morgan fingerprint density at radius 2 is 1.72 bits per heavy atom. The van der Waals surface area contributed by atoms with Gasteiger partial charge in [0, 0.05) is 30.0 Å². The lowest BCUT2D eigenvalue weighted by Gasteiger charge is -2.10. The minimum Gasteiger partial charge on any atom is -0.311 e. The van der Waals surface area contributed by atoms with Crippen LogP contribution in [0.2, 0.25) is 0 Å². The van der Waals surface area contributed by atoms with Crippen molar-refractivity contribution in [3.05, 3.63) is 68.1 Å². The van der Waals surface area contributed by atoms with Crippen molar-refractivity contribution in [3.63, 3.8) is 0 Å². The summed E-state index contributed by atoms with van der Waals surface area (Å²) in [6, 6.07) is 8.79. The van der Waals surface area contributed by atoms with E-state index in [9.17, 15) is 14.4 Å². The van der Waals surface area contributed by atoms with Gasteiger partial charge in [-0.25, -0.2) is 4.79 Å². The molecular formula is C21H23N5O3. The topological polar surface area (TPSA) is 83.3 Å². The van der Waals surface area contributed by atoms with Crippen molar-refractivity contribution in [2.75, 3.05) is 0 Å². The number of Topliss-reactive ketones (excluding diaryl/α,β-unsaturated/α-hetero) is 1. The van der Waals surface area contributed by atoms with Gasteiger partial charge in [-0.3, -0.25) is 23.1 Å². The first kappa shape index (κ1) is 18.9. The number of imidazole rings is 2. The summed E-state index contributed by atoms with van der Waals surface area (Å²) in [5, 5.41) is 0. The molecule has 8 nitrogen and oxygen atoms in total. The smallest absolute Gasteiger partial charge is 0.311 e. The molecule has 0 radical (unpaired) electrons. The standard InChI is InChI=1S/C21H23N5O3/c1-12(2)25-13(3)14(4)26-17-18(22-20(25)26)23(5)21(29)24(19(17)28)11-16(27)15-9-7-6-8-10-15/h6-10,12H,11H2,1-5H3. The molecule has 0 unspecified atom stereocenters. The number of benzene rings is 1. The summed E-state index contributed by atoms with van der Waals surface area (Å²) < 4.78 is 6.16. The maximum atomic E-state index is 13.3. The van der Waals surface area contributed by atoms with Crippen LogP contribution in [0.4, 0.5) is 0 Å². The van der Waals surface area contributed by atoms with E-state index in [4.69, 9.17) is 0 Å². The number of nitrogens with zero attached hydrogens (tertiary/aromatic N) is 5. The van der Waals surface area contributed by atoms with Crippen LogP contribution in [0.15, 0.2) is 39.9 Å². The van der Waals surface area contributed by atoms with Gasteiger partial charge in [0.1, 0.15) is 0 Å². The van der Waals surface area contributed by atoms with Crippen molar-refractivity contribution in [2.45, 2.75) is 40.3 Å². The summed E-state index contributed by atoms with van der Waals surface area (Å²) >= 11 is 0. The first-order valence-corrected chi connectivity index (χ1v) is 9.51. The van der Waals surface area contributed by atoms with Gasteiger partial charge in [-0.2, -0.15) is 4.98 Å². The van der Waals surface area contributed by atoms with Crippen LogP contribution in [0.5, 0.6) is 0 Å². The summed E-state index contributed by atoms with van der Waals surface area (Å²) in [4.78, 5) is 43.4. The van der Waals surface area contributed by atoms with Gasteiger partial charge in [0.25, 0.3) is 5.56 Å². The maximum Gasteiger partial charge on any atom is 0.332 e. The van der Waals surface area contributed by atoms with Gasteiger partial charge in [-0.1, -0.05) is 30.3 Å². The zero-order valence-corrected chi connectivity index (χ0v) is 17.1. The fraction of sp³-hybridized carbons (Fsp3) is 0.333. The quantitative estimate of drug-likeness (QED) is 0.498. The highest BCUT2D eigenvalue weighted by atomic mass is 16.2. The van der Waals surface area contributed by atoms with Crippen molar-refractivity contribution < 1.29 is 4.79 Å². The van der Waals surface area contributed by atoms with Gasteiger partial charge in [-0.15, -0.1) is 0 Å². The van der Waals surface area contributed by atoms with Crippen LogP contribution >= 0.6 is 0 Å². The Kier molecular flexibility index (Phi) is 4.29. The molecule has 0 amide bonds. The Hall–Kier alpha value is -3.42. The van der Waals surface area contributed by atoms with Crippen molar-refractivity contribution >= 4 is 22.7 Å². The molecule has 0 aliphatic carbocycles. The van der Waals surface area contributed by atoms with Crippen LogP contribution in [0.1, 0.15) is 41.6 Å². The van der Waals surface area contributed by atoms with Crippen LogP contribution in [-0.4, -0.2) is 28.9 Å². The molecular weight excluding hydrogens is 370 g/mol. The van der Waals surface area contributed by atoms with E-state index in [0.29, 0.717) is 22.5 Å². The largest absolute Gasteiger partial charge is 0.332 e. The normalized spacial score (nSPS) is 11.8. The number of fused-ring (bicyclic) bond motifs is 3. The minimum atomic E-state index is -0.557. The Balaban J connectivity index is 2.02. The molecule has 150 valence electrons. The Bertz CT molecular complexity index is 1380. The van der Waals surface area contributed by atoms with Crippen molar-refractivity contribution in [3.8, 4) is 0 Å². The molecule has 0 saturated heterocycles. The molecule has 4 rings (SSSR count). The Morgan fingerprint density at radius 3 is 2.34 bits per heavy atom. The molecule has 3 heterocycles. The van der Waals surface area contributed by atoms with Crippen LogP contribution in [0.3, 0.4) is 0 Å². The third-order valence-electron chi connectivity index (χ3n) is 5.47. The fourth-order valence-corrected chi connectivity index (χ4v) is 3.89. The van der Waals surface area contributed by atoms with Gasteiger partial charge >= 0.3 is 5.69 Å². The van der Waals surface area contributed by atoms with Gasteiger partial charge in [0.15, 0.2) is 16.9 Å². The third kappa shape index (κ3) is 2.66. The molecule has 0 aliphatic rings. The summed E-state index contributed by atoms with van der Waals surface area (Å²) in [6.45, 7) is 7.67. The van der Waals surface area contributed by atoms with Crippen LogP contribution in [0.25, 0.3) is 16.9 Å². The number of hydrogen-bond acceptors (Lipinski definition) is 4. The molecule has 0 saturated carbocycles. The van der Waals surface area contributed by atoms with E-state index in [0.717, 1.165) is 16.0 Å². The lowest BCUT2D eigenvalue weighted by atomic mass is 10.1. The molecule has 0 aliphatic heterocycles. The highest BCUT2D eigenvalue weighted by molar-refractivity contribution is 5.96. The van der Waals surface area contributed by atoms with Gasteiger partial charge in [0.05, 0.1) is 6.54 Å². The molecule has 1 aromatic carbocycles. The molecule has 8 heteroatoms. The van der Waals surface area contributed by atoms with Crippen LogP contribution < -0.4 is 11.2 Å². The summed E-state index contributed by atoms with van der Waals surface area (Å²) in [5.74, 6) is 0.321. The van der Waals surface area contributed by atoms with E-state index in [-0.39, 0.29) is 18.4 Å². The number of carbonyl (C=O) groups excluding carboxylic acids is 1. The monoisotopic (exact) mass is 393 g/mol. The first-order valence-electron chi connectivity index (χ1n) is 9.51. The molecule has 29 heavy (non-hydrogen) atoms. The van der Waals surface area contributed by atoms with E-state index < -0.39 is 11.2 Å². The number of rotatable bonds is 4. The molecule has 3 aromatic heterocycles. The highest BCUT2D eigenvalue weighted by Crippen LogP contribution is 2.23. The average molecular weight is 393 g/mol. The minimum absolute atomic E-state index is 0.141. The molecule has 0 N–H and O–H groups in total. The lowest BCUT2D eigenvalue weighted by molar-refractivity contribution is 0.0969. The summed E-state index contributed by atoms with van der Waals surface area (Å²) in [6.07, 6.45) is 0. The van der Waals surface area contributed by atoms with Crippen molar-refractivity contribution in [2.24, 2.45) is 7.05 Å². The first-order chi connectivity index (χ1) is 13.7. The summed E-state index contributed by atoms with van der Waals surface area (Å²) in [7, 11) is 1.57. The molecule has 4 aromatic rings. The number of aromatic nitrogens is 5. The van der Waals surface area contributed by atoms with E-state index >= 15 is 0 Å². The zero-order valence-electron chi connectivity index (χ0n) is 17.1. The number of aryl methyl sites for hydroxylation is 2. The average Bonchev–Trinajstić information content (AvgIpc) is 3.19. The highest BCUT2D eigenvalue weighted by Gasteiger charge is 2.24. The number of ketones is 1. The summed E-state index contributed by atoms with van der Waals surface area (Å²) in [5.41, 5.74) is 1.90. The van der Waals surface area contributed by atoms with Crippen LogP contribution in [0, 0.1) is 13.8 Å². The maximum absolute atomic E-state index is 13.3. The Labute approximate surface area is 166 Å². The molecule has 0 spiro atoms. The number of carbonyl (C=O) groups is 1. The second kappa shape index (κ2) is 6.58. The lowest BCUT2D eigenvalue weighted by Crippen LogP contribution is -2.41. The molecule has 0 fully saturated rings. The fourth-order valence-electron chi connectivity index (χ4n) is 3.89. The van der Waals surface area contributed by atoms with E-state index in [2.05, 4.69) is 4.98 Å². The van der Waals surface area contributed by atoms with Crippen molar-refractivity contribution in [1.82, 2.24) is 23.1 Å². The second-order valence-electron chi connectivity index (χ2n) is 7.58. The SMILES string of the molecule is Cc1c(C)n2c3c(=O)n(CC(=O)c4ccccc4)c(=O)n(C)c3nc2n1C(C)C. The van der Waals surface area contributed by atoms with Crippen molar-refractivity contribution in [1.29, 1.82) is 0 Å². The number of hydrogen-bond donors (Lipinski definition) is 0. The van der Waals surface area contributed by atoms with Crippen LogP contribution in [-0.2, 0) is 13.6 Å². The molecule has 0 bridgehead atoms. The van der Waals surface area contributed by atoms with Gasteiger partial charge in [0.2, 0.25) is 5.78 Å². The Morgan fingerprint density at radius 1 is 1.07 bits per heavy atom. The van der Waals surface area contributed by atoms with E-state index in [1.54, 1.807) is 35.7 Å². The predicted molar refractivity (Wildman–Crippen MR) is 111 cm³/mol. The zero-order chi connectivity index (χ0) is 21.0. The van der Waals surface area contributed by atoms with E-state index in [1.165, 1.54) is 4.57 Å². The van der Waals surface area contributed by atoms with Gasteiger partial charge < -0.3 is 4.57 Å². The third-order valence-corrected chi connectivity index (χ3v) is 5.47.